The minimum Gasteiger partial charge on any atom is -0.496 e. The number of rotatable bonds is 3. The Morgan fingerprint density at radius 1 is 1.54 bits per heavy atom. The molecule has 0 saturated carbocycles. The van der Waals surface area contributed by atoms with E-state index in [0.717, 1.165) is 15.8 Å². The Hall–Kier alpha value is -0.540. The summed E-state index contributed by atoms with van der Waals surface area (Å²) in [5.41, 5.74) is 1.01. The van der Waals surface area contributed by atoms with Gasteiger partial charge in [-0.1, -0.05) is 22.0 Å². The minimum absolute atomic E-state index is 0.354. The van der Waals surface area contributed by atoms with E-state index in [0.29, 0.717) is 6.42 Å². The summed E-state index contributed by atoms with van der Waals surface area (Å²) in [6.45, 7) is 1.76. The Morgan fingerprint density at radius 3 is 2.77 bits per heavy atom. The quantitative estimate of drug-likeness (QED) is 0.885. The van der Waals surface area contributed by atoms with Gasteiger partial charge in [0.2, 0.25) is 0 Å². The van der Waals surface area contributed by atoms with E-state index in [4.69, 9.17) is 4.74 Å². The van der Waals surface area contributed by atoms with Crippen molar-refractivity contribution in [2.24, 2.45) is 0 Å². The molecule has 0 amide bonds. The highest BCUT2D eigenvalue weighted by Crippen LogP contribution is 2.27. The van der Waals surface area contributed by atoms with Gasteiger partial charge in [0.15, 0.2) is 0 Å². The highest BCUT2D eigenvalue weighted by atomic mass is 79.9. The van der Waals surface area contributed by atoms with Gasteiger partial charge in [0.1, 0.15) is 5.75 Å². The van der Waals surface area contributed by atoms with Crippen molar-refractivity contribution in [3.05, 3.63) is 28.2 Å². The largest absolute Gasteiger partial charge is 0.496 e. The molecule has 0 aliphatic carbocycles. The van der Waals surface area contributed by atoms with E-state index in [1.54, 1.807) is 14.0 Å². The molecule has 0 bridgehead atoms. The molecule has 1 N–H and O–H groups in total. The molecule has 1 atom stereocenters. The van der Waals surface area contributed by atoms with Crippen molar-refractivity contribution in [3.63, 3.8) is 0 Å². The lowest BCUT2D eigenvalue weighted by molar-refractivity contribution is 0.194. The van der Waals surface area contributed by atoms with Gasteiger partial charge in [-0.2, -0.15) is 0 Å². The summed E-state index contributed by atoms with van der Waals surface area (Å²) in [7, 11) is 1.63. The topological polar surface area (TPSA) is 29.5 Å². The van der Waals surface area contributed by atoms with E-state index in [-0.39, 0.29) is 6.10 Å². The van der Waals surface area contributed by atoms with Gasteiger partial charge in [-0.3, -0.25) is 0 Å². The van der Waals surface area contributed by atoms with Crippen LogP contribution >= 0.6 is 15.9 Å². The fourth-order valence-electron chi connectivity index (χ4n) is 1.22. The van der Waals surface area contributed by atoms with E-state index in [9.17, 15) is 5.11 Å². The zero-order valence-electron chi connectivity index (χ0n) is 7.75. The number of ether oxygens (including phenoxy) is 1. The molecular weight excluding hydrogens is 232 g/mol. The average molecular weight is 245 g/mol. The molecule has 3 heteroatoms. The maximum absolute atomic E-state index is 9.27. The summed E-state index contributed by atoms with van der Waals surface area (Å²) < 4.78 is 6.17. The maximum Gasteiger partial charge on any atom is 0.123 e. The van der Waals surface area contributed by atoms with E-state index >= 15 is 0 Å². The SMILES string of the molecule is COc1cccc(Br)c1C[C@@H](C)O. The van der Waals surface area contributed by atoms with Crippen molar-refractivity contribution in [3.8, 4) is 5.75 Å². The van der Waals surface area contributed by atoms with Crippen LogP contribution in [-0.4, -0.2) is 18.3 Å². The summed E-state index contributed by atoms with van der Waals surface area (Å²) in [5.74, 6) is 0.815. The molecule has 0 unspecified atom stereocenters. The van der Waals surface area contributed by atoms with Crippen LogP contribution in [0.25, 0.3) is 0 Å². The molecule has 13 heavy (non-hydrogen) atoms. The lowest BCUT2D eigenvalue weighted by atomic mass is 10.1. The Kier molecular flexibility index (Phi) is 3.75. The van der Waals surface area contributed by atoms with Crippen LogP contribution < -0.4 is 4.74 Å². The molecule has 0 fully saturated rings. The van der Waals surface area contributed by atoms with Gasteiger partial charge >= 0.3 is 0 Å². The first-order valence-electron chi connectivity index (χ1n) is 4.14. The molecular formula is C10H13BrO2. The maximum atomic E-state index is 9.27. The monoisotopic (exact) mass is 244 g/mol. The van der Waals surface area contributed by atoms with Crippen molar-refractivity contribution < 1.29 is 9.84 Å². The normalized spacial score (nSPS) is 12.6. The van der Waals surface area contributed by atoms with Gasteiger partial charge in [0, 0.05) is 16.5 Å². The smallest absolute Gasteiger partial charge is 0.123 e. The van der Waals surface area contributed by atoms with Crippen LogP contribution in [0.3, 0.4) is 0 Å². The molecule has 2 nitrogen and oxygen atoms in total. The van der Waals surface area contributed by atoms with Crippen molar-refractivity contribution >= 4 is 15.9 Å². The summed E-state index contributed by atoms with van der Waals surface area (Å²) in [5, 5.41) is 9.27. The lowest BCUT2D eigenvalue weighted by Gasteiger charge is -2.11. The third kappa shape index (κ3) is 2.71. The van der Waals surface area contributed by atoms with Crippen molar-refractivity contribution in [1.29, 1.82) is 0 Å². The predicted molar refractivity (Wildman–Crippen MR) is 56.1 cm³/mol. The number of hydrogen-bond acceptors (Lipinski definition) is 2. The first kappa shape index (κ1) is 10.5. The average Bonchev–Trinajstić information content (AvgIpc) is 2.08. The molecule has 1 rings (SSSR count). The van der Waals surface area contributed by atoms with Crippen LogP contribution in [0.5, 0.6) is 5.75 Å². The Labute approximate surface area is 86.7 Å². The number of aliphatic hydroxyl groups excluding tert-OH is 1. The summed E-state index contributed by atoms with van der Waals surface area (Å²) in [6.07, 6.45) is 0.248. The molecule has 1 aromatic carbocycles. The van der Waals surface area contributed by atoms with Gasteiger partial charge in [-0.05, 0) is 19.1 Å². The van der Waals surface area contributed by atoms with Crippen LogP contribution in [0.4, 0.5) is 0 Å². The van der Waals surface area contributed by atoms with Gasteiger partial charge in [-0.25, -0.2) is 0 Å². The molecule has 0 spiro atoms. The van der Waals surface area contributed by atoms with Crippen molar-refractivity contribution in [1.82, 2.24) is 0 Å². The molecule has 0 heterocycles. The second-order valence-electron chi connectivity index (χ2n) is 2.97. The van der Waals surface area contributed by atoms with E-state index < -0.39 is 0 Å². The highest BCUT2D eigenvalue weighted by molar-refractivity contribution is 9.10. The third-order valence-corrected chi connectivity index (χ3v) is 2.54. The van der Waals surface area contributed by atoms with Gasteiger partial charge in [0.05, 0.1) is 13.2 Å². The first-order valence-corrected chi connectivity index (χ1v) is 4.94. The van der Waals surface area contributed by atoms with Crippen molar-refractivity contribution in [2.45, 2.75) is 19.4 Å². The van der Waals surface area contributed by atoms with Crippen LogP contribution in [0.1, 0.15) is 12.5 Å². The number of benzene rings is 1. The first-order chi connectivity index (χ1) is 6.15. The fraction of sp³-hybridized carbons (Fsp3) is 0.400. The Bertz CT molecular complexity index is 284. The number of halogens is 1. The zero-order valence-corrected chi connectivity index (χ0v) is 9.34. The lowest BCUT2D eigenvalue weighted by Crippen LogP contribution is -2.06. The molecule has 0 saturated heterocycles. The van der Waals surface area contributed by atoms with Crippen molar-refractivity contribution in [2.75, 3.05) is 7.11 Å². The fourth-order valence-corrected chi connectivity index (χ4v) is 1.73. The Balaban J connectivity index is 3.00. The summed E-state index contributed by atoms with van der Waals surface area (Å²) >= 11 is 3.43. The van der Waals surface area contributed by atoms with E-state index in [1.165, 1.54) is 0 Å². The van der Waals surface area contributed by atoms with E-state index in [1.807, 2.05) is 18.2 Å². The van der Waals surface area contributed by atoms with Gasteiger partial charge < -0.3 is 9.84 Å². The number of methoxy groups -OCH3 is 1. The predicted octanol–water partition coefficient (Wildman–Crippen LogP) is 2.38. The molecule has 1 aromatic rings. The van der Waals surface area contributed by atoms with Crippen LogP contribution in [-0.2, 0) is 6.42 Å². The Morgan fingerprint density at radius 2 is 2.23 bits per heavy atom. The molecule has 72 valence electrons. The van der Waals surface area contributed by atoms with Crippen LogP contribution in [0, 0.1) is 0 Å². The standard InChI is InChI=1S/C10H13BrO2/c1-7(12)6-8-9(11)4-3-5-10(8)13-2/h3-5,7,12H,6H2,1-2H3/t7-/m1/s1. The molecule has 0 aliphatic heterocycles. The second-order valence-corrected chi connectivity index (χ2v) is 3.83. The molecule has 0 aliphatic rings. The highest BCUT2D eigenvalue weighted by Gasteiger charge is 2.09. The molecule has 0 aromatic heterocycles. The van der Waals surface area contributed by atoms with Gasteiger partial charge in [0.25, 0.3) is 0 Å². The number of aliphatic hydroxyl groups is 1. The van der Waals surface area contributed by atoms with Crippen LogP contribution in [0.2, 0.25) is 0 Å². The number of hydrogen-bond donors (Lipinski definition) is 1. The zero-order chi connectivity index (χ0) is 9.84. The molecule has 0 radical (unpaired) electrons. The van der Waals surface area contributed by atoms with Crippen LogP contribution in [0.15, 0.2) is 22.7 Å². The van der Waals surface area contributed by atoms with E-state index in [2.05, 4.69) is 15.9 Å². The second kappa shape index (κ2) is 4.63. The third-order valence-electron chi connectivity index (χ3n) is 1.80. The van der Waals surface area contributed by atoms with Gasteiger partial charge in [-0.15, -0.1) is 0 Å². The minimum atomic E-state index is -0.354. The summed E-state index contributed by atoms with van der Waals surface area (Å²) in [4.78, 5) is 0. The summed E-state index contributed by atoms with van der Waals surface area (Å²) in [6, 6.07) is 5.75.